The van der Waals surface area contributed by atoms with Gasteiger partial charge in [-0.05, 0) is 79.4 Å². The molecule has 0 saturated heterocycles. The SMILES string of the molecule is Cc1ccc(OCC(=O)c2ccc3c(c2)N(CCCC(=O)NCc2ccc4c(c2)OCO4)C(=O)CO3)cc1C. The molecule has 0 bridgehead atoms. The quantitative estimate of drug-likeness (QED) is 0.394. The monoisotopic (exact) mass is 530 g/mol. The van der Waals surface area contributed by atoms with E-state index in [1.807, 2.05) is 50.2 Å². The summed E-state index contributed by atoms with van der Waals surface area (Å²) in [6, 6.07) is 16.2. The van der Waals surface area contributed by atoms with Crippen molar-refractivity contribution < 1.29 is 33.3 Å². The number of carbonyl (C=O) groups is 3. The summed E-state index contributed by atoms with van der Waals surface area (Å²) in [7, 11) is 0. The fraction of sp³-hybridized carbons (Fsp3) is 0.300. The van der Waals surface area contributed by atoms with Crippen LogP contribution in [0.5, 0.6) is 23.0 Å². The van der Waals surface area contributed by atoms with Crippen LogP contribution >= 0.6 is 0 Å². The van der Waals surface area contributed by atoms with Crippen molar-refractivity contribution in [2.24, 2.45) is 0 Å². The molecule has 3 aromatic carbocycles. The van der Waals surface area contributed by atoms with Gasteiger partial charge in [0.05, 0.1) is 5.69 Å². The average Bonchev–Trinajstić information content (AvgIpc) is 3.41. The highest BCUT2D eigenvalue weighted by Gasteiger charge is 2.26. The molecule has 0 aromatic heterocycles. The van der Waals surface area contributed by atoms with Crippen LogP contribution in [0.3, 0.4) is 0 Å². The Hall–Kier alpha value is -4.53. The molecule has 0 spiro atoms. The van der Waals surface area contributed by atoms with Crippen molar-refractivity contribution in [3.05, 3.63) is 76.9 Å². The standard InChI is InChI=1S/C30H30N2O7/c1-19-5-8-23(12-20(19)2)36-16-25(33)22-7-10-26-24(14-22)32(30(35)17-37-26)11-3-4-29(34)31-15-21-6-9-27-28(13-21)39-18-38-27/h5-10,12-14H,3-4,11,15-18H2,1-2H3,(H,31,34). The number of hydrogen-bond acceptors (Lipinski definition) is 7. The molecule has 2 heterocycles. The van der Waals surface area contributed by atoms with E-state index in [2.05, 4.69) is 5.32 Å². The second kappa shape index (κ2) is 11.5. The first-order valence-electron chi connectivity index (χ1n) is 12.8. The zero-order valence-electron chi connectivity index (χ0n) is 22.0. The van der Waals surface area contributed by atoms with Gasteiger partial charge in [0.25, 0.3) is 5.91 Å². The number of amides is 2. The minimum absolute atomic E-state index is 0.0908. The van der Waals surface area contributed by atoms with Crippen molar-refractivity contribution in [3.8, 4) is 23.0 Å². The molecule has 0 saturated carbocycles. The van der Waals surface area contributed by atoms with Crippen LogP contribution in [0, 0.1) is 13.8 Å². The van der Waals surface area contributed by atoms with Gasteiger partial charge in [-0.3, -0.25) is 14.4 Å². The summed E-state index contributed by atoms with van der Waals surface area (Å²) in [4.78, 5) is 39.5. The molecule has 0 atom stereocenters. The number of nitrogens with one attached hydrogen (secondary N) is 1. The van der Waals surface area contributed by atoms with Gasteiger partial charge in [0, 0.05) is 25.1 Å². The first-order chi connectivity index (χ1) is 18.9. The molecule has 1 N–H and O–H groups in total. The fourth-order valence-corrected chi connectivity index (χ4v) is 4.39. The number of hydrogen-bond donors (Lipinski definition) is 1. The predicted molar refractivity (Wildman–Crippen MR) is 144 cm³/mol. The van der Waals surface area contributed by atoms with Crippen LogP contribution in [0.15, 0.2) is 54.6 Å². The van der Waals surface area contributed by atoms with Crippen molar-refractivity contribution >= 4 is 23.3 Å². The molecular weight excluding hydrogens is 500 g/mol. The third kappa shape index (κ3) is 6.14. The summed E-state index contributed by atoms with van der Waals surface area (Å²) < 4.78 is 21.9. The third-order valence-electron chi connectivity index (χ3n) is 6.78. The summed E-state index contributed by atoms with van der Waals surface area (Å²) in [5.41, 5.74) is 4.08. The predicted octanol–water partition coefficient (Wildman–Crippen LogP) is 4.12. The zero-order valence-corrected chi connectivity index (χ0v) is 22.0. The summed E-state index contributed by atoms with van der Waals surface area (Å²) in [5, 5.41) is 2.89. The molecule has 0 radical (unpaired) electrons. The Labute approximate surface area is 226 Å². The van der Waals surface area contributed by atoms with Crippen molar-refractivity contribution in [2.75, 3.05) is 31.5 Å². The lowest BCUT2D eigenvalue weighted by atomic mass is 10.1. The van der Waals surface area contributed by atoms with E-state index in [-0.39, 0.29) is 44.0 Å². The normalized spacial score (nSPS) is 13.5. The van der Waals surface area contributed by atoms with Crippen LogP contribution in [0.1, 0.15) is 39.9 Å². The largest absolute Gasteiger partial charge is 0.485 e. The van der Waals surface area contributed by atoms with Gasteiger partial charge in [-0.2, -0.15) is 0 Å². The van der Waals surface area contributed by atoms with Crippen molar-refractivity contribution in [1.82, 2.24) is 5.32 Å². The third-order valence-corrected chi connectivity index (χ3v) is 6.78. The Kier molecular flexibility index (Phi) is 7.67. The van der Waals surface area contributed by atoms with Gasteiger partial charge in [0.1, 0.15) is 11.5 Å². The smallest absolute Gasteiger partial charge is 0.265 e. The van der Waals surface area contributed by atoms with E-state index in [0.717, 1.165) is 16.7 Å². The van der Waals surface area contributed by atoms with Gasteiger partial charge in [0.2, 0.25) is 12.7 Å². The summed E-state index contributed by atoms with van der Waals surface area (Å²) in [6.45, 7) is 4.67. The Morgan fingerprint density at radius 3 is 2.59 bits per heavy atom. The molecule has 0 fully saturated rings. The molecule has 0 unspecified atom stereocenters. The van der Waals surface area contributed by atoms with E-state index < -0.39 is 0 Å². The van der Waals surface area contributed by atoms with Crippen LogP contribution in [-0.2, 0) is 16.1 Å². The van der Waals surface area contributed by atoms with Gasteiger partial charge >= 0.3 is 0 Å². The van der Waals surface area contributed by atoms with E-state index in [1.54, 1.807) is 23.1 Å². The van der Waals surface area contributed by atoms with E-state index in [1.165, 1.54) is 0 Å². The van der Waals surface area contributed by atoms with Crippen LogP contribution < -0.4 is 29.2 Å². The number of benzene rings is 3. The van der Waals surface area contributed by atoms with Crippen molar-refractivity contribution in [3.63, 3.8) is 0 Å². The number of rotatable bonds is 10. The number of aryl methyl sites for hydroxylation is 2. The lowest BCUT2D eigenvalue weighted by Gasteiger charge is -2.29. The molecule has 9 nitrogen and oxygen atoms in total. The highest BCUT2D eigenvalue weighted by Crippen LogP contribution is 2.34. The maximum atomic E-state index is 12.9. The molecule has 5 rings (SSSR count). The highest BCUT2D eigenvalue weighted by atomic mass is 16.7. The van der Waals surface area contributed by atoms with Gasteiger partial charge < -0.3 is 29.2 Å². The first-order valence-corrected chi connectivity index (χ1v) is 12.8. The van der Waals surface area contributed by atoms with Gasteiger partial charge in [-0.15, -0.1) is 0 Å². The molecule has 2 aliphatic rings. The van der Waals surface area contributed by atoms with Gasteiger partial charge in [0.15, 0.2) is 30.5 Å². The lowest BCUT2D eigenvalue weighted by molar-refractivity contribution is -0.123. The molecule has 0 aliphatic carbocycles. The van der Waals surface area contributed by atoms with Crippen LogP contribution in [0.4, 0.5) is 5.69 Å². The Morgan fingerprint density at radius 2 is 1.74 bits per heavy atom. The molecular formula is C30H30N2O7. The molecule has 2 aliphatic heterocycles. The van der Waals surface area contributed by atoms with Crippen LogP contribution in [0.25, 0.3) is 0 Å². The fourth-order valence-electron chi connectivity index (χ4n) is 4.39. The number of ether oxygens (including phenoxy) is 4. The Bertz CT molecular complexity index is 1420. The van der Waals surface area contributed by atoms with Crippen LogP contribution in [-0.4, -0.2) is 44.1 Å². The maximum absolute atomic E-state index is 12.9. The van der Waals surface area contributed by atoms with E-state index in [9.17, 15) is 14.4 Å². The van der Waals surface area contributed by atoms with E-state index in [4.69, 9.17) is 18.9 Å². The van der Waals surface area contributed by atoms with Crippen molar-refractivity contribution in [2.45, 2.75) is 33.2 Å². The van der Waals surface area contributed by atoms with Gasteiger partial charge in [-0.25, -0.2) is 0 Å². The van der Waals surface area contributed by atoms with E-state index in [0.29, 0.717) is 53.8 Å². The topological polar surface area (TPSA) is 103 Å². The number of anilines is 1. The molecule has 39 heavy (non-hydrogen) atoms. The zero-order chi connectivity index (χ0) is 27.4. The van der Waals surface area contributed by atoms with E-state index >= 15 is 0 Å². The number of carbonyl (C=O) groups excluding carboxylic acids is 3. The minimum Gasteiger partial charge on any atom is -0.485 e. The van der Waals surface area contributed by atoms with Gasteiger partial charge in [-0.1, -0.05) is 12.1 Å². The number of fused-ring (bicyclic) bond motifs is 2. The molecule has 3 aromatic rings. The first kappa shape index (κ1) is 26.1. The summed E-state index contributed by atoms with van der Waals surface area (Å²) >= 11 is 0. The Balaban J connectivity index is 1.15. The molecule has 202 valence electrons. The summed E-state index contributed by atoms with van der Waals surface area (Å²) in [5.74, 6) is 1.95. The molecule has 2 amide bonds. The summed E-state index contributed by atoms with van der Waals surface area (Å²) in [6.07, 6.45) is 0.694. The minimum atomic E-state index is -0.223. The second-order valence-corrected chi connectivity index (χ2v) is 9.54. The Morgan fingerprint density at radius 1 is 0.923 bits per heavy atom. The molecule has 9 heteroatoms. The van der Waals surface area contributed by atoms with Crippen molar-refractivity contribution in [1.29, 1.82) is 0 Å². The lowest BCUT2D eigenvalue weighted by Crippen LogP contribution is -2.40. The highest BCUT2D eigenvalue weighted by molar-refractivity contribution is 6.02. The number of Topliss-reactive ketones (excluding diaryl/α,β-unsaturated/α-hetero) is 1. The average molecular weight is 531 g/mol. The number of nitrogens with zero attached hydrogens (tertiary/aromatic N) is 1. The van der Waals surface area contributed by atoms with Crippen LogP contribution in [0.2, 0.25) is 0 Å². The maximum Gasteiger partial charge on any atom is 0.265 e. The second-order valence-electron chi connectivity index (χ2n) is 9.54. The number of ketones is 1.